The summed E-state index contributed by atoms with van der Waals surface area (Å²) in [4.78, 5) is 19.0. The zero-order valence-corrected chi connectivity index (χ0v) is 16.4. The number of nitrogens with one attached hydrogen (secondary N) is 2. The zero-order valence-electron chi connectivity index (χ0n) is 14.8. The summed E-state index contributed by atoms with van der Waals surface area (Å²) in [6, 6.07) is 8.78. The fourth-order valence-corrected chi connectivity index (χ4v) is 4.46. The van der Waals surface area contributed by atoms with Gasteiger partial charge in [-0.1, -0.05) is 42.7 Å². The lowest BCUT2D eigenvalue weighted by atomic mass is 9.96. The molecule has 1 aliphatic carbocycles. The maximum Gasteiger partial charge on any atom is 0.263 e. The first kappa shape index (κ1) is 18.3. The molecule has 3 rings (SSSR count). The molecular formula is C19H25N3OS2. The number of benzene rings is 1. The second kappa shape index (κ2) is 8.72. The minimum atomic E-state index is -0.0411. The van der Waals surface area contributed by atoms with Crippen molar-refractivity contribution in [2.45, 2.75) is 56.5 Å². The molecular weight excluding hydrogens is 350 g/mol. The third-order valence-corrected chi connectivity index (χ3v) is 6.38. The van der Waals surface area contributed by atoms with Crippen LogP contribution in [0.3, 0.4) is 0 Å². The molecule has 0 bridgehead atoms. The van der Waals surface area contributed by atoms with Crippen LogP contribution >= 0.6 is 23.1 Å². The first-order valence-corrected chi connectivity index (χ1v) is 10.8. The molecule has 1 heterocycles. The fourth-order valence-electron chi connectivity index (χ4n) is 3.10. The first-order valence-electron chi connectivity index (χ1n) is 8.81. The predicted molar refractivity (Wildman–Crippen MR) is 107 cm³/mol. The van der Waals surface area contributed by atoms with Crippen LogP contribution in [0, 0.1) is 6.92 Å². The van der Waals surface area contributed by atoms with E-state index in [1.165, 1.54) is 48.3 Å². The number of hydrogen-bond donors (Lipinski definition) is 2. The Morgan fingerprint density at radius 3 is 2.64 bits per heavy atom. The van der Waals surface area contributed by atoms with E-state index < -0.39 is 0 Å². The molecule has 1 fully saturated rings. The van der Waals surface area contributed by atoms with Crippen LogP contribution in [0.5, 0.6) is 0 Å². The summed E-state index contributed by atoms with van der Waals surface area (Å²) in [7, 11) is 0. The minimum absolute atomic E-state index is 0.0411. The minimum Gasteiger partial charge on any atom is -0.359 e. The average molecular weight is 376 g/mol. The molecule has 6 heteroatoms. The van der Waals surface area contributed by atoms with Crippen LogP contribution in [0.4, 0.5) is 5.13 Å². The zero-order chi connectivity index (χ0) is 17.6. The smallest absolute Gasteiger partial charge is 0.263 e. The van der Waals surface area contributed by atoms with Gasteiger partial charge in [0.1, 0.15) is 4.88 Å². The molecule has 0 aliphatic heterocycles. The lowest BCUT2D eigenvalue weighted by Crippen LogP contribution is -2.22. The van der Waals surface area contributed by atoms with Crippen LogP contribution in [-0.4, -0.2) is 23.2 Å². The molecule has 1 aliphatic rings. The van der Waals surface area contributed by atoms with E-state index in [2.05, 4.69) is 46.1 Å². The van der Waals surface area contributed by atoms with E-state index in [4.69, 9.17) is 0 Å². The summed E-state index contributed by atoms with van der Waals surface area (Å²) in [6.45, 7) is 2.45. The van der Waals surface area contributed by atoms with Crippen molar-refractivity contribution in [3.63, 3.8) is 0 Å². The number of aryl methyl sites for hydroxylation is 1. The van der Waals surface area contributed by atoms with Crippen molar-refractivity contribution in [3.8, 4) is 0 Å². The Morgan fingerprint density at radius 2 is 1.96 bits per heavy atom. The number of amides is 1. The number of nitrogens with zero attached hydrogens (tertiary/aromatic N) is 1. The van der Waals surface area contributed by atoms with Gasteiger partial charge in [-0.2, -0.15) is 0 Å². The highest BCUT2D eigenvalue weighted by atomic mass is 32.2. The Kier molecular flexibility index (Phi) is 6.37. The third kappa shape index (κ3) is 4.98. The number of carbonyl (C=O) groups is 1. The molecule has 2 aromatic rings. The number of thioether (sulfide) groups is 1. The standard InChI is InChI=1S/C19H25N3OS2/c1-13-17(25-19(21-13)22-15-6-4-3-5-7-15)18(23)20-12-14-8-10-16(24-2)11-9-14/h8-11,15H,3-7,12H2,1-2H3,(H,20,23)(H,21,22). The largest absolute Gasteiger partial charge is 0.359 e. The molecule has 1 saturated carbocycles. The third-order valence-electron chi connectivity index (χ3n) is 4.55. The Hall–Kier alpha value is -1.53. The van der Waals surface area contributed by atoms with Crippen LogP contribution in [0.15, 0.2) is 29.2 Å². The van der Waals surface area contributed by atoms with E-state index in [-0.39, 0.29) is 5.91 Å². The van der Waals surface area contributed by atoms with Crippen molar-refractivity contribution in [2.75, 3.05) is 11.6 Å². The van der Waals surface area contributed by atoms with Gasteiger partial charge in [0.15, 0.2) is 5.13 Å². The van der Waals surface area contributed by atoms with Crippen LogP contribution < -0.4 is 10.6 Å². The second-order valence-electron chi connectivity index (χ2n) is 6.44. The number of hydrogen-bond acceptors (Lipinski definition) is 5. The Morgan fingerprint density at radius 1 is 1.24 bits per heavy atom. The highest BCUT2D eigenvalue weighted by Crippen LogP contribution is 2.27. The van der Waals surface area contributed by atoms with Gasteiger partial charge in [0.25, 0.3) is 5.91 Å². The summed E-state index contributed by atoms with van der Waals surface area (Å²) < 4.78 is 0. The maximum atomic E-state index is 12.5. The molecule has 0 saturated heterocycles. The van der Waals surface area contributed by atoms with Gasteiger partial charge in [-0.05, 0) is 43.7 Å². The SMILES string of the molecule is CSc1ccc(CNC(=O)c2sc(NC3CCCCC3)nc2C)cc1. The number of carbonyl (C=O) groups excluding carboxylic acids is 1. The van der Waals surface area contributed by atoms with Gasteiger partial charge in [-0.3, -0.25) is 4.79 Å². The van der Waals surface area contributed by atoms with Crippen molar-refractivity contribution in [2.24, 2.45) is 0 Å². The van der Waals surface area contributed by atoms with Crippen molar-refractivity contribution in [1.29, 1.82) is 0 Å². The summed E-state index contributed by atoms with van der Waals surface area (Å²) in [6.07, 6.45) is 8.36. The molecule has 4 nitrogen and oxygen atoms in total. The molecule has 0 atom stereocenters. The Balaban J connectivity index is 1.57. The highest BCUT2D eigenvalue weighted by molar-refractivity contribution is 7.98. The van der Waals surface area contributed by atoms with Crippen molar-refractivity contribution in [3.05, 3.63) is 40.4 Å². The molecule has 0 radical (unpaired) electrons. The number of rotatable bonds is 6. The number of anilines is 1. The predicted octanol–water partition coefficient (Wildman–Crippen LogP) is 4.85. The molecule has 25 heavy (non-hydrogen) atoms. The second-order valence-corrected chi connectivity index (χ2v) is 8.32. The van der Waals surface area contributed by atoms with E-state index in [9.17, 15) is 4.79 Å². The molecule has 0 spiro atoms. The van der Waals surface area contributed by atoms with Gasteiger partial charge in [0.05, 0.1) is 5.69 Å². The lowest BCUT2D eigenvalue weighted by molar-refractivity contribution is 0.0954. The Labute approximate surface area is 157 Å². The van der Waals surface area contributed by atoms with E-state index >= 15 is 0 Å². The van der Waals surface area contributed by atoms with E-state index in [0.29, 0.717) is 17.5 Å². The van der Waals surface area contributed by atoms with E-state index in [1.54, 1.807) is 11.8 Å². The molecule has 134 valence electrons. The van der Waals surface area contributed by atoms with Crippen molar-refractivity contribution in [1.82, 2.24) is 10.3 Å². The van der Waals surface area contributed by atoms with Gasteiger partial charge in [0, 0.05) is 17.5 Å². The van der Waals surface area contributed by atoms with Gasteiger partial charge in [-0.25, -0.2) is 4.98 Å². The van der Waals surface area contributed by atoms with Crippen LogP contribution in [0.1, 0.15) is 53.0 Å². The highest BCUT2D eigenvalue weighted by Gasteiger charge is 2.18. The van der Waals surface area contributed by atoms with E-state index in [0.717, 1.165) is 16.4 Å². The molecule has 0 unspecified atom stereocenters. The van der Waals surface area contributed by atoms with Gasteiger partial charge >= 0.3 is 0 Å². The summed E-state index contributed by atoms with van der Waals surface area (Å²) >= 11 is 3.18. The van der Waals surface area contributed by atoms with Crippen LogP contribution in [-0.2, 0) is 6.54 Å². The summed E-state index contributed by atoms with van der Waals surface area (Å²) in [5.41, 5.74) is 1.91. The van der Waals surface area contributed by atoms with Crippen LogP contribution in [0.2, 0.25) is 0 Å². The summed E-state index contributed by atoms with van der Waals surface area (Å²) in [5, 5.41) is 7.39. The quantitative estimate of drug-likeness (QED) is 0.709. The molecule has 2 N–H and O–H groups in total. The van der Waals surface area contributed by atoms with Gasteiger partial charge in [-0.15, -0.1) is 11.8 Å². The Bertz CT molecular complexity index is 706. The first-order chi connectivity index (χ1) is 12.2. The van der Waals surface area contributed by atoms with E-state index in [1.807, 2.05) is 6.92 Å². The van der Waals surface area contributed by atoms with Gasteiger partial charge in [0.2, 0.25) is 0 Å². The monoisotopic (exact) mass is 375 g/mol. The molecule has 1 aromatic heterocycles. The summed E-state index contributed by atoms with van der Waals surface area (Å²) in [5.74, 6) is -0.0411. The molecule has 1 amide bonds. The number of thiazole rings is 1. The lowest BCUT2D eigenvalue weighted by Gasteiger charge is -2.22. The topological polar surface area (TPSA) is 54.0 Å². The van der Waals surface area contributed by atoms with Crippen molar-refractivity contribution < 1.29 is 4.79 Å². The fraction of sp³-hybridized carbons (Fsp3) is 0.474. The number of aromatic nitrogens is 1. The van der Waals surface area contributed by atoms with Crippen LogP contribution in [0.25, 0.3) is 0 Å². The van der Waals surface area contributed by atoms with Gasteiger partial charge < -0.3 is 10.6 Å². The normalized spacial score (nSPS) is 15.1. The maximum absolute atomic E-state index is 12.5. The van der Waals surface area contributed by atoms with Crippen molar-refractivity contribution >= 4 is 34.1 Å². The average Bonchev–Trinajstić information content (AvgIpc) is 3.01. The molecule has 1 aromatic carbocycles.